The average molecular weight is 395 g/mol. The van der Waals surface area contributed by atoms with Crippen molar-refractivity contribution < 1.29 is 4.79 Å². The molecular weight excluding hydrogens is 368 g/mol. The molecule has 0 aliphatic heterocycles. The Hall–Kier alpha value is -2.40. The molecule has 146 valence electrons. The number of hydrogen-bond donors (Lipinski definition) is 0. The highest BCUT2D eigenvalue weighted by Crippen LogP contribution is 2.23. The van der Waals surface area contributed by atoms with Gasteiger partial charge < -0.3 is 0 Å². The number of benzene rings is 2. The average Bonchev–Trinajstić information content (AvgIpc) is 2.68. The first-order valence-corrected chi connectivity index (χ1v) is 10.5. The number of para-hydroxylation sites is 1. The Balaban J connectivity index is 1.86. The number of ketones is 1. The number of hydrogen-bond acceptors (Lipinski definition) is 4. The molecule has 3 rings (SSSR count). The molecule has 1 heterocycles. The number of carbonyl (C=O) groups excluding carboxylic acids is 1. The molecule has 1 aromatic heterocycles. The Labute approximate surface area is 170 Å². The third-order valence-electron chi connectivity index (χ3n) is 4.69. The maximum absolute atomic E-state index is 13.1. The zero-order valence-corrected chi connectivity index (χ0v) is 17.5. The summed E-state index contributed by atoms with van der Waals surface area (Å²) in [4.78, 5) is 30.1. The van der Waals surface area contributed by atoms with Gasteiger partial charge in [-0.25, -0.2) is 4.98 Å². The van der Waals surface area contributed by atoms with Crippen molar-refractivity contribution in [3.63, 3.8) is 0 Å². The van der Waals surface area contributed by atoms with Crippen LogP contribution in [0.4, 0.5) is 0 Å². The van der Waals surface area contributed by atoms with Gasteiger partial charge in [0, 0.05) is 12.0 Å². The second kappa shape index (κ2) is 8.74. The molecular formula is C23H26N2O2S. The summed E-state index contributed by atoms with van der Waals surface area (Å²) in [6.07, 6.45) is 1.73. The number of Topliss-reactive ketones (excluding diaryl/α,β-unsaturated/α-hetero) is 1. The van der Waals surface area contributed by atoms with Crippen LogP contribution in [0, 0.1) is 5.41 Å². The van der Waals surface area contributed by atoms with E-state index in [1.165, 1.54) is 17.3 Å². The SMILES string of the molecule is CC(C)(C)C(=O)CSc1nc2ccccc2c(=O)n1CCCc1ccccc1. The molecule has 0 radical (unpaired) electrons. The van der Waals surface area contributed by atoms with Crippen LogP contribution in [0.5, 0.6) is 0 Å². The lowest BCUT2D eigenvalue weighted by atomic mass is 9.92. The lowest BCUT2D eigenvalue weighted by Crippen LogP contribution is -2.26. The van der Waals surface area contributed by atoms with Crippen LogP contribution in [-0.4, -0.2) is 21.1 Å². The van der Waals surface area contributed by atoms with Crippen LogP contribution < -0.4 is 5.56 Å². The van der Waals surface area contributed by atoms with Gasteiger partial charge in [0.2, 0.25) is 0 Å². The van der Waals surface area contributed by atoms with Crippen LogP contribution in [0.1, 0.15) is 32.8 Å². The lowest BCUT2D eigenvalue weighted by Gasteiger charge is -2.17. The Kier molecular flexibility index (Phi) is 6.35. The van der Waals surface area contributed by atoms with Gasteiger partial charge >= 0.3 is 0 Å². The minimum absolute atomic E-state index is 0.0376. The van der Waals surface area contributed by atoms with E-state index in [4.69, 9.17) is 0 Å². The van der Waals surface area contributed by atoms with E-state index < -0.39 is 5.41 Å². The van der Waals surface area contributed by atoms with E-state index in [1.54, 1.807) is 4.57 Å². The fourth-order valence-electron chi connectivity index (χ4n) is 2.89. The summed E-state index contributed by atoms with van der Waals surface area (Å²) in [6.45, 7) is 6.32. The summed E-state index contributed by atoms with van der Waals surface area (Å²) in [7, 11) is 0. The maximum atomic E-state index is 13.1. The number of aromatic nitrogens is 2. The highest BCUT2D eigenvalue weighted by atomic mass is 32.2. The molecule has 0 spiro atoms. The minimum Gasteiger partial charge on any atom is -0.298 e. The number of carbonyl (C=O) groups is 1. The zero-order chi connectivity index (χ0) is 20.1. The molecule has 0 atom stereocenters. The topological polar surface area (TPSA) is 52.0 Å². The first-order chi connectivity index (χ1) is 13.4. The third-order valence-corrected chi connectivity index (χ3v) is 5.66. The molecule has 0 N–H and O–H groups in total. The molecule has 2 aromatic carbocycles. The van der Waals surface area contributed by atoms with Crippen LogP contribution in [-0.2, 0) is 17.8 Å². The van der Waals surface area contributed by atoms with E-state index in [9.17, 15) is 9.59 Å². The molecule has 28 heavy (non-hydrogen) atoms. The number of nitrogens with zero attached hydrogens (tertiary/aromatic N) is 2. The molecule has 0 unspecified atom stereocenters. The lowest BCUT2D eigenvalue weighted by molar-refractivity contribution is -0.123. The highest BCUT2D eigenvalue weighted by Gasteiger charge is 2.22. The zero-order valence-electron chi connectivity index (χ0n) is 16.6. The molecule has 0 fully saturated rings. The minimum atomic E-state index is -0.401. The summed E-state index contributed by atoms with van der Waals surface area (Å²) in [6, 6.07) is 17.6. The quantitative estimate of drug-likeness (QED) is 0.429. The van der Waals surface area contributed by atoms with Gasteiger partial charge in [-0.3, -0.25) is 14.2 Å². The van der Waals surface area contributed by atoms with Crippen LogP contribution in [0.3, 0.4) is 0 Å². The van der Waals surface area contributed by atoms with E-state index >= 15 is 0 Å². The van der Waals surface area contributed by atoms with Gasteiger partial charge in [0.1, 0.15) is 5.78 Å². The van der Waals surface area contributed by atoms with Gasteiger partial charge in [-0.2, -0.15) is 0 Å². The molecule has 5 heteroatoms. The van der Waals surface area contributed by atoms with Gasteiger partial charge in [-0.05, 0) is 30.5 Å². The largest absolute Gasteiger partial charge is 0.298 e. The molecule has 0 aliphatic carbocycles. The van der Waals surface area contributed by atoms with E-state index in [-0.39, 0.29) is 11.3 Å². The van der Waals surface area contributed by atoms with Crippen molar-refractivity contribution in [2.45, 2.75) is 45.3 Å². The van der Waals surface area contributed by atoms with Crippen LogP contribution in [0.15, 0.2) is 64.5 Å². The Morgan fingerprint density at radius 2 is 1.71 bits per heavy atom. The van der Waals surface area contributed by atoms with Crippen molar-refractivity contribution in [3.8, 4) is 0 Å². The van der Waals surface area contributed by atoms with Crippen molar-refractivity contribution in [3.05, 3.63) is 70.5 Å². The molecule has 0 saturated heterocycles. The third kappa shape index (κ3) is 4.90. The number of rotatable bonds is 7. The summed E-state index contributed by atoms with van der Waals surface area (Å²) in [5.41, 5.74) is 1.49. The van der Waals surface area contributed by atoms with Gasteiger partial charge in [-0.1, -0.05) is 75.0 Å². The monoisotopic (exact) mass is 394 g/mol. The summed E-state index contributed by atoms with van der Waals surface area (Å²) >= 11 is 1.36. The van der Waals surface area contributed by atoms with Crippen molar-refractivity contribution in [1.82, 2.24) is 9.55 Å². The van der Waals surface area contributed by atoms with Gasteiger partial charge in [0.05, 0.1) is 16.7 Å². The van der Waals surface area contributed by atoms with Crippen LogP contribution in [0.25, 0.3) is 10.9 Å². The maximum Gasteiger partial charge on any atom is 0.262 e. The van der Waals surface area contributed by atoms with Crippen molar-refractivity contribution in [1.29, 1.82) is 0 Å². The molecule has 3 aromatic rings. The first kappa shape index (κ1) is 20.3. The van der Waals surface area contributed by atoms with Gasteiger partial charge in [0.25, 0.3) is 5.56 Å². The first-order valence-electron chi connectivity index (χ1n) is 9.56. The van der Waals surface area contributed by atoms with Crippen molar-refractivity contribution in [2.75, 3.05) is 5.75 Å². The fourth-order valence-corrected chi connectivity index (χ4v) is 4.07. The van der Waals surface area contributed by atoms with E-state index in [0.717, 1.165) is 12.8 Å². The van der Waals surface area contributed by atoms with Gasteiger partial charge in [0.15, 0.2) is 5.16 Å². The Morgan fingerprint density at radius 3 is 2.43 bits per heavy atom. The molecule has 0 saturated carbocycles. The van der Waals surface area contributed by atoms with E-state index in [0.29, 0.717) is 28.4 Å². The summed E-state index contributed by atoms with van der Waals surface area (Å²) < 4.78 is 1.73. The highest BCUT2D eigenvalue weighted by molar-refractivity contribution is 7.99. The van der Waals surface area contributed by atoms with Crippen LogP contribution >= 0.6 is 11.8 Å². The van der Waals surface area contributed by atoms with Crippen molar-refractivity contribution in [2.24, 2.45) is 5.41 Å². The Morgan fingerprint density at radius 1 is 1.04 bits per heavy atom. The molecule has 0 bridgehead atoms. The van der Waals surface area contributed by atoms with Crippen molar-refractivity contribution >= 4 is 28.4 Å². The summed E-state index contributed by atoms with van der Waals surface area (Å²) in [5, 5.41) is 1.24. The molecule has 4 nitrogen and oxygen atoms in total. The number of thioether (sulfide) groups is 1. The molecule has 0 aliphatic rings. The van der Waals surface area contributed by atoms with E-state index in [1.807, 2.05) is 63.2 Å². The smallest absolute Gasteiger partial charge is 0.262 e. The van der Waals surface area contributed by atoms with Gasteiger partial charge in [-0.15, -0.1) is 0 Å². The van der Waals surface area contributed by atoms with E-state index in [2.05, 4.69) is 17.1 Å². The standard InChI is InChI=1S/C23H26N2O2S/c1-23(2,3)20(26)16-28-22-24-19-14-8-7-13-18(19)21(27)25(22)15-9-12-17-10-5-4-6-11-17/h4-8,10-11,13-14H,9,12,15-16H2,1-3H3. The summed E-state index contributed by atoms with van der Waals surface area (Å²) in [5.74, 6) is 0.461. The normalized spacial score (nSPS) is 11.7. The second-order valence-corrected chi connectivity index (χ2v) is 8.86. The van der Waals surface area contributed by atoms with Crippen LogP contribution in [0.2, 0.25) is 0 Å². The fraction of sp³-hybridized carbons (Fsp3) is 0.348. The Bertz CT molecular complexity index is 1020. The number of fused-ring (bicyclic) bond motifs is 1. The predicted molar refractivity (Wildman–Crippen MR) is 116 cm³/mol. The molecule has 0 amide bonds. The number of aryl methyl sites for hydroxylation is 1. The second-order valence-electron chi connectivity index (χ2n) is 7.92. The predicted octanol–water partition coefficient (Wildman–Crippen LogP) is 4.74.